The van der Waals surface area contributed by atoms with Gasteiger partial charge in [0.05, 0.1) is 11.8 Å². The van der Waals surface area contributed by atoms with Crippen molar-refractivity contribution in [1.29, 1.82) is 5.41 Å². The van der Waals surface area contributed by atoms with Crippen molar-refractivity contribution >= 4 is 23.1 Å². The average Bonchev–Trinajstić information content (AvgIpc) is 2.73. The summed E-state index contributed by atoms with van der Waals surface area (Å²) in [5.74, 6) is 0. The Kier molecular flexibility index (Phi) is 4.86. The molecule has 1 aliphatic rings. The molecule has 1 aromatic rings. The molecule has 1 saturated heterocycles. The summed E-state index contributed by atoms with van der Waals surface area (Å²) in [6.07, 6.45) is 0. The van der Waals surface area contributed by atoms with Crippen LogP contribution < -0.4 is 10.2 Å². The van der Waals surface area contributed by atoms with Crippen molar-refractivity contribution in [1.82, 2.24) is 5.32 Å². The third-order valence-electron chi connectivity index (χ3n) is 1.98. The second kappa shape index (κ2) is 6.27. The van der Waals surface area contributed by atoms with Gasteiger partial charge in [-0.05, 0) is 24.4 Å². The molecule has 3 nitrogen and oxygen atoms in total. The molecule has 0 amide bonds. The van der Waals surface area contributed by atoms with Crippen molar-refractivity contribution < 1.29 is 0 Å². The van der Waals surface area contributed by atoms with Gasteiger partial charge in [-0.15, -0.1) is 0 Å². The largest absolute Gasteiger partial charge is 0.357 e. The van der Waals surface area contributed by atoms with Crippen molar-refractivity contribution in [3.05, 3.63) is 30.3 Å². The van der Waals surface area contributed by atoms with Crippen molar-refractivity contribution in [2.45, 2.75) is 0 Å². The number of thiocarbonyl (C=S) groups is 1. The van der Waals surface area contributed by atoms with Crippen LogP contribution in [0.3, 0.4) is 0 Å². The van der Waals surface area contributed by atoms with Crippen molar-refractivity contribution in [2.75, 3.05) is 24.7 Å². The van der Waals surface area contributed by atoms with E-state index >= 15 is 0 Å². The van der Waals surface area contributed by atoms with E-state index in [0.29, 0.717) is 0 Å². The normalized spacial score (nSPS) is 14.1. The number of nitrogens with one attached hydrogen (secondary N) is 2. The molecule has 14 heavy (non-hydrogen) atoms. The van der Waals surface area contributed by atoms with Gasteiger partial charge in [0.1, 0.15) is 0 Å². The van der Waals surface area contributed by atoms with E-state index in [0.717, 1.165) is 19.8 Å². The summed E-state index contributed by atoms with van der Waals surface area (Å²) < 4.78 is 0. The second-order valence-corrected chi connectivity index (χ2v) is 3.06. The molecule has 1 aromatic carbocycles. The molecule has 1 fully saturated rings. The first-order chi connectivity index (χ1) is 6.88. The molecule has 2 rings (SSSR count). The quantitative estimate of drug-likeness (QED) is 0.544. The van der Waals surface area contributed by atoms with Crippen LogP contribution in [0, 0.1) is 5.41 Å². The first kappa shape index (κ1) is 10.9. The summed E-state index contributed by atoms with van der Waals surface area (Å²) in [5.41, 5.74) is 1.32. The Morgan fingerprint density at radius 3 is 2.50 bits per heavy atom. The van der Waals surface area contributed by atoms with Crippen molar-refractivity contribution in [3.8, 4) is 0 Å². The van der Waals surface area contributed by atoms with E-state index in [4.69, 9.17) is 5.41 Å². The lowest BCUT2D eigenvalue weighted by atomic mass is 10.3. The maximum Gasteiger partial charge on any atom is 0.0683 e. The number of anilines is 1. The Morgan fingerprint density at radius 2 is 2.00 bits per heavy atom. The first-order valence-corrected chi connectivity index (χ1v) is 4.84. The topological polar surface area (TPSA) is 39.1 Å². The number of isothiocyanates is 1. The standard InChI is InChI=1S/C9H12N2.CHNS/c1-2-4-9(5-3-1)11-7-6-10-8-11;2-1-3/h1-5,10H,6-8H2;2H. The molecular formula is C10H13N3S. The van der Waals surface area contributed by atoms with Gasteiger partial charge < -0.3 is 4.90 Å². The molecule has 0 unspecified atom stereocenters. The first-order valence-electron chi connectivity index (χ1n) is 4.43. The van der Waals surface area contributed by atoms with Gasteiger partial charge in [-0.25, -0.2) is 5.41 Å². The van der Waals surface area contributed by atoms with Crippen LogP contribution in [0.4, 0.5) is 5.69 Å². The lowest BCUT2D eigenvalue weighted by Gasteiger charge is -2.15. The Balaban J connectivity index is 0.000000293. The van der Waals surface area contributed by atoms with Gasteiger partial charge in [0.15, 0.2) is 0 Å². The van der Waals surface area contributed by atoms with Gasteiger partial charge in [-0.1, -0.05) is 18.2 Å². The van der Waals surface area contributed by atoms with E-state index in [-0.39, 0.29) is 0 Å². The van der Waals surface area contributed by atoms with Crippen LogP contribution in [0.2, 0.25) is 0 Å². The molecule has 0 aliphatic carbocycles. The van der Waals surface area contributed by atoms with Crippen LogP contribution in [0.5, 0.6) is 0 Å². The van der Waals surface area contributed by atoms with Crippen LogP contribution in [0.15, 0.2) is 30.3 Å². The van der Waals surface area contributed by atoms with Crippen molar-refractivity contribution in [2.24, 2.45) is 0 Å². The number of rotatable bonds is 1. The fourth-order valence-electron chi connectivity index (χ4n) is 1.37. The minimum atomic E-state index is 0.990. The highest BCUT2D eigenvalue weighted by Crippen LogP contribution is 2.12. The predicted octanol–water partition coefficient (Wildman–Crippen LogP) is 1.72. The van der Waals surface area contributed by atoms with Crippen LogP contribution >= 0.6 is 12.2 Å². The molecule has 74 valence electrons. The molecular weight excluding hydrogens is 194 g/mol. The van der Waals surface area contributed by atoms with Gasteiger partial charge >= 0.3 is 0 Å². The fourth-order valence-corrected chi connectivity index (χ4v) is 1.37. The minimum Gasteiger partial charge on any atom is -0.357 e. The molecule has 1 aliphatic heterocycles. The van der Waals surface area contributed by atoms with Crippen LogP contribution in [0.1, 0.15) is 0 Å². The Morgan fingerprint density at radius 1 is 1.36 bits per heavy atom. The van der Waals surface area contributed by atoms with E-state index in [1.165, 1.54) is 5.69 Å². The smallest absolute Gasteiger partial charge is 0.0683 e. The molecule has 0 bridgehead atoms. The Bertz CT molecular complexity index is 287. The highest BCUT2D eigenvalue weighted by atomic mass is 32.1. The summed E-state index contributed by atoms with van der Waals surface area (Å²) >= 11 is 3.81. The monoisotopic (exact) mass is 207 g/mol. The lowest BCUT2D eigenvalue weighted by molar-refractivity contribution is 0.855. The number of nitrogens with zero attached hydrogens (tertiary/aromatic N) is 1. The zero-order chi connectivity index (χ0) is 10.2. The number of hydrogen-bond donors (Lipinski definition) is 2. The van der Waals surface area contributed by atoms with E-state index in [2.05, 4.69) is 46.7 Å². The minimum absolute atomic E-state index is 0.990. The molecule has 0 saturated carbocycles. The molecule has 0 spiro atoms. The van der Waals surface area contributed by atoms with Crippen molar-refractivity contribution in [3.63, 3.8) is 0 Å². The molecule has 0 atom stereocenters. The van der Waals surface area contributed by atoms with E-state index in [1.54, 1.807) is 5.16 Å². The summed E-state index contributed by atoms with van der Waals surface area (Å²) in [6, 6.07) is 10.5. The number of benzene rings is 1. The van der Waals surface area contributed by atoms with Crippen LogP contribution in [-0.4, -0.2) is 24.9 Å². The maximum absolute atomic E-state index is 5.77. The van der Waals surface area contributed by atoms with E-state index < -0.39 is 0 Å². The fraction of sp³-hybridized carbons (Fsp3) is 0.300. The Hall–Kier alpha value is -1.22. The summed E-state index contributed by atoms with van der Waals surface area (Å²) in [6.45, 7) is 3.23. The zero-order valence-electron chi connectivity index (χ0n) is 7.86. The Labute approximate surface area is 89.2 Å². The summed E-state index contributed by atoms with van der Waals surface area (Å²) in [5, 5.41) is 10.7. The van der Waals surface area contributed by atoms with Gasteiger partial charge in [0, 0.05) is 18.8 Å². The van der Waals surface area contributed by atoms with E-state index in [1.807, 2.05) is 6.07 Å². The maximum atomic E-state index is 5.77. The molecule has 1 heterocycles. The second-order valence-electron chi connectivity index (χ2n) is 2.86. The third-order valence-corrected chi connectivity index (χ3v) is 1.98. The molecule has 0 aromatic heterocycles. The molecule has 2 N–H and O–H groups in total. The lowest BCUT2D eigenvalue weighted by Crippen LogP contribution is -2.20. The summed E-state index contributed by atoms with van der Waals surface area (Å²) in [7, 11) is 0. The predicted molar refractivity (Wildman–Crippen MR) is 62.0 cm³/mol. The van der Waals surface area contributed by atoms with E-state index in [9.17, 15) is 0 Å². The molecule has 4 heteroatoms. The zero-order valence-corrected chi connectivity index (χ0v) is 8.68. The third kappa shape index (κ3) is 3.26. The average molecular weight is 207 g/mol. The van der Waals surface area contributed by atoms with Crippen LogP contribution in [0.25, 0.3) is 0 Å². The van der Waals surface area contributed by atoms with Gasteiger partial charge in [-0.2, -0.15) is 0 Å². The highest BCUT2D eigenvalue weighted by Gasteiger charge is 2.09. The SMILES string of the molecule is N=C=S.c1ccc(N2CCNC2)cc1. The van der Waals surface area contributed by atoms with Gasteiger partial charge in [0.2, 0.25) is 0 Å². The van der Waals surface area contributed by atoms with Crippen LogP contribution in [-0.2, 0) is 0 Å². The summed E-state index contributed by atoms with van der Waals surface area (Å²) in [4.78, 5) is 2.33. The number of para-hydroxylation sites is 1. The molecule has 0 radical (unpaired) electrons. The van der Waals surface area contributed by atoms with Gasteiger partial charge in [0.25, 0.3) is 0 Å². The highest BCUT2D eigenvalue weighted by molar-refractivity contribution is 7.78. The number of hydrogen-bond acceptors (Lipinski definition) is 4. The van der Waals surface area contributed by atoms with Gasteiger partial charge in [-0.3, -0.25) is 5.32 Å².